The smallest absolute Gasteiger partial charge is 0.316 e. The predicted molar refractivity (Wildman–Crippen MR) is 123 cm³/mol. The van der Waals surface area contributed by atoms with Crippen LogP contribution in [-0.2, 0) is 40.0 Å². The normalized spacial score (nSPS) is 11.4. The zero-order valence-corrected chi connectivity index (χ0v) is 17.8. The number of hydrogen-bond donors (Lipinski definition) is 1. The van der Waals surface area contributed by atoms with E-state index in [1.165, 1.54) is 0 Å². The molecule has 4 aromatic carbocycles. The lowest BCUT2D eigenvalue weighted by Gasteiger charge is -2.34. The van der Waals surface area contributed by atoms with Crippen LogP contribution in [0, 0.1) is 0 Å². The van der Waals surface area contributed by atoms with E-state index >= 15 is 0 Å². The molecule has 0 fully saturated rings. The highest BCUT2D eigenvalue weighted by Gasteiger charge is 2.39. The van der Waals surface area contributed by atoms with Crippen molar-refractivity contribution in [2.75, 3.05) is 0 Å². The maximum Gasteiger partial charge on any atom is 0.316 e. The van der Waals surface area contributed by atoms with Crippen molar-refractivity contribution in [3.63, 3.8) is 0 Å². The number of phenolic OH excluding ortho intramolecular Hbond substituents is 1. The average Bonchev–Trinajstić information content (AvgIpc) is 2.86. The fourth-order valence-corrected chi connectivity index (χ4v) is 3.35. The van der Waals surface area contributed by atoms with Gasteiger partial charge in [0.15, 0.2) is 0 Å². The Balaban J connectivity index is 1.67. The summed E-state index contributed by atoms with van der Waals surface area (Å²) < 4.78 is 19.0. The molecule has 0 saturated heterocycles. The van der Waals surface area contributed by atoms with Crippen LogP contribution in [0.4, 0.5) is 0 Å². The van der Waals surface area contributed by atoms with E-state index in [9.17, 15) is 5.11 Å². The fourth-order valence-electron chi connectivity index (χ4n) is 3.35. The molecule has 0 spiro atoms. The first-order chi connectivity index (χ1) is 15.8. The van der Waals surface area contributed by atoms with Gasteiger partial charge in [-0.2, -0.15) is 0 Å². The topological polar surface area (TPSA) is 47.9 Å². The van der Waals surface area contributed by atoms with Gasteiger partial charge >= 0.3 is 5.97 Å². The lowest BCUT2D eigenvalue weighted by Crippen LogP contribution is -2.36. The summed E-state index contributed by atoms with van der Waals surface area (Å²) in [6.45, 7) is 0.746. The van der Waals surface area contributed by atoms with E-state index in [4.69, 9.17) is 14.2 Å². The summed E-state index contributed by atoms with van der Waals surface area (Å²) in [6.07, 6.45) is 0. The number of aromatic hydroxyl groups is 1. The molecule has 0 heterocycles. The molecule has 32 heavy (non-hydrogen) atoms. The number of benzene rings is 4. The van der Waals surface area contributed by atoms with Crippen molar-refractivity contribution in [2.45, 2.75) is 25.8 Å². The van der Waals surface area contributed by atoms with Gasteiger partial charge in [0.2, 0.25) is 0 Å². The largest absolute Gasteiger partial charge is 0.507 e. The molecule has 0 atom stereocenters. The van der Waals surface area contributed by atoms with Gasteiger partial charge in [0.25, 0.3) is 0 Å². The molecule has 0 radical (unpaired) electrons. The van der Waals surface area contributed by atoms with Gasteiger partial charge in [0, 0.05) is 0 Å². The zero-order chi connectivity index (χ0) is 22.1. The second-order valence-corrected chi connectivity index (χ2v) is 7.40. The predicted octanol–water partition coefficient (Wildman–Crippen LogP) is 6.15. The Morgan fingerprint density at radius 2 is 0.812 bits per heavy atom. The third-order valence-electron chi connectivity index (χ3n) is 5.05. The second kappa shape index (κ2) is 10.7. The third kappa shape index (κ3) is 5.62. The molecule has 4 rings (SSSR count). The number of para-hydroxylation sites is 1. The molecule has 0 saturated carbocycles. The fraction of sp³-hybridized carbons (Fsp3) is 0.143. The quantitative estimate of drug-likeness (QED) is 0.309. The van der Waals surface area contributed by atoms with Gasteiger partial charge in [-0.1, -0.05) is 103 Å². The minimum atomic E-state index is -1.60. The van der Waals surface area contributed by atoms with Gasteiger partial charge in [-0.25, -0.2) is 0 Å². The van der Waals surface area contributed by atoms with Gasteiger partial charge < -0.3 is 19.3 Å². The van der Waals surface area contributed by atoms with Crippen molar-refractivity contribution in [3.8, 4) is 5.75 Å². The molecular weight excluding hydrogens is 400 g/mol. The highest BCUT2D eigenvalue weighted by atomic mass is 16.9. The van der Waals surface area contributed by atoms with Gasteiger partial charge in [-0.15, -0.1) is 0 Å². The first-order valence-corrected chi connectivity index (χ1v) is 10.6. The van der Waals surface area contributed by atoms with Crippen molar-refractivity contribution in [2.24, 2.45) is 0 Å². The summed E-state index contributed by atoms with van der Waals surface area (Å²) in [4.78, 5) is 0. The molecule has 0 unspecified atom stereocenters. The van der Waals surface area contributed by atoms with Gasteiger partial charge in [0.1, 0.15) is 5.75 Å². The third-order valence-corrected chi connectivity index (χ3v) is 5.05. The number of ether oxygens (including phenoxy) is 3. The highest BCUT2D eigenvalue weighted by Crippen LogP contribution is 2.37. The molecule has 0 aliphatic heterocycles. The minimum Gasteiger partial charge on any atom is -0.507 e. The minimum absolute atomic E-state index is 0.0432. The Morgan fingerprint density at radius 3 is 1.19 bits per heavy atom. The highest BCUT2D eigenvalue weighted by molar-refractivity contribution is 5.34. The van der Waals surface area contributed by atoms with Crippen molar-refractivity contribution in [3.05, 3.63) is 138 Å². The molecule has 0 aliphatic carbocycles. The molecule has 0 amide bonds. The molecule has 4 nitrogen and oxygen atoms in total. The van der Waals surface area contributed by atoms with Crippen molar-refractivity contribution in [1.82, 2.24) is 0 Å². The molecular formula is C28H26O4. The first-order valence-electron chi connectivity index (χ1n) is 10.6. The first kappa shape index (κ1) is 21.8. The van der Waals surface area contributed by atoms with E-state index in [-0.39, 0.29) is 25.6 Å². The summed E-state index contributed by atoms with van der Waals surface area (Å²) >= 11 is 0. The molecule has 0 bridgehead atoms. The average molecular weight is 427 g/mol. The van der Waals surface area contributed by atoms with Crippen LogP contribution in [0.15, 0.2) is 115 Å². The summed E-state index contributed by atoms with van der Waals surface area (Å²) in [7, 11) is 0. The molecule has 4 aromatic rings. The van der Waals surface area contributed by atoms with E-state index in [1.807, 2.05) is 97.1 Å². The van der Waals surface area contributed by atoms with E-state index in [2.05, 4.69) is 0 Å². The van der Waals surface area contributed by atoms with Gasteiger partial charge in [-0.05, 0) is 28.8 Å². The van der Waals surface area contributed by atoms with Crippen LogP contribution in [-0.4, -0.2) is 5.11 Å². The Hall–Kier alpha value is -3.44. The van der Waals surface area contributed by atoms with Crippen LogP contribution in [0.1, 0.15) is 22.3 Å². The Morgan fingerprint density at radius 1 is 0.469 bits per heavy atom. The number of rotatable bonds is 10. The van der Waals surface area contributed by atoms with Crippen LogP contribution in [0.3, 0.4) is 0 Å². The number of hydrogen-bond acceptors (Lipinski definition) is 4. The van der Waals surface area contributed by atoms with Gasteiger partial charge in [0.05, 0.1) is 25.4 Å². The van der Waals surface area contributed by atoms with E-state index in [0.717, 1.165) is 16.7 Å². The summed E-state index contributed by atoms with van der Waals surface area (Å²) in [5, 5.41) is 10.7. The summed E-state index contributed by atoms with van der Waals surface area (Å²) in [5.41, 5.74) is 3.33. The lowest BCUT2D eigenvalue weighted by atomic mass is 10.1. The van der Waals surface area contributed by atoms with E-state index in [1.54, 1.807) is 18.2 Å². The van der Waals surface area contributed by atoms with Crippen LogP contribution in [0.2, 0.25) is 0 Å². The van der Waals surface area contributed by atoms with Crippen LogP contribution < -0.4 is 0 Å². The van der Waals surface area contributed by atoms with Crippen LogP contribution in [0.5, 0.6) is 5.75 Å². The monoisotopic (exact) mass is 426 g/mol. The zero-order valence-electron chi connectivity index (χ0n) is 17.8. The maximum absolute atomic E-state index is 10.7. The Bertz CT molecular complexity index is 976. The SMILES string of the molecule is Oc1ccccc1C(OCc1ccccc1)(OCc1ccccc1)OCc1ccccc1. The second-order valence-electron chi connectivity index (χ2n) is 7.40. The molecule has 162 valence electrons. The van der Waals surface area contributed by atoms with Crippen molar-refractivity contribution >= 4 is 0 Å². The molecule has 0 aliphatic rings. The summed E-state index contributed by atoms with van der Waals surface area (Å²) in [5.74, 6) is -1.56. The number of phenols is 1. The van der Waals surface area contributed by atoms with Crippen LogP contribution >= 0.6 is 0 Å². The molecule has 4 heteroatoms. The van der Waals surface area contributed by atoms with Crippen molar-refractivity contribution < 1.29 is 19.3 Å². The van der Waals surface area contributed by atoms with Gasteiger partial charge in [-0.3, -0.25) is 0 Å². The molecule has 1 N–H and O–H groups in total. The Kier molecular flexibility index (Phi) is 7.31. The lowest BCUT2D eigenvalue weighted by molar-refractivity contribution is -0.407. The van der Waals surface area contributed by atoms with Crippen LogP contribution in [0.25, 0.3) is 0 Å². The maximum atomic E-state index is 10.7. The Labute approximate surface area is 188 Å². The summed E-state index contributed by atoms with van der Waals surface area (Å²) in [6, 6.07) is 36.4. The van der Waals surface area contributed by atoms with Crippen molar-refractivity contribution in [1.29, 1.82) is 0 Å². The van der Waals surface area contributed by atoms with E-state index < -0.39 is 5.97 Å². The molecule has 0 aromatic heterocycles. The van der Waals surface area contributed by atoms with E-state index in [0.29, 0.717) is 5.56 Å². The standard InChI is InChI=1S/C28H26O4/c29-27-19-11-10-18-26(27)28(30-20-23-12-4-1-5-13-23,31-21-24-14-6-2-7-15-24)32-22-25-16-8-3-9-17-25/h1-19,29H,20-22H2.